The Kier molecular flexibility index (Phi) is 4.83. The van der Waals surface area contributed by atoms with Crippen LogP contribution in [0.4, 0.5) is 0 Å². The number of nitrogens with zero attached hydrogens (tertiary/aromatic N) is 1. The molecule has 0 radical (unpaired) electrons. The highest BCUT2D eigenvalue weighted by Crippen LogP contribution is 2.15. The van der Waals surface area contributed by atoms with E-state index < -0.39 is 0 Å². The van der Waals surface area contributed by atoms with E-state index in [1.807, 2.05) is 30.3 Å². The number of hydrogen-bond acceptors (Lipinski definition) is 3. The Morgan fingerprint density at radius 3 is 2.88 bits per heavy atom. The highest BCUT2D eigenvalue weighted by Gasteiger charge is 2.18. The van der Waals surface area contributed by atoms with Gasteiger partial charge in [0.15, 0.2) is 0 Å². The van der Waals surface area contributed by atoms with Crippen molar-refractivity contribution in [3.63, 3.8) is 0 Å². The third-order valence-corrected chi connectivity index (χ3v) is 3.28. The molecule has 1 unspecified atom stereocenters. The third-order valence-electron chi connectivity index (χ3n) is 3.28. The summed E-state index contributed by atoms with van der Waals surface area (Å²) in [6.45, 7) is 4.13. The van der Waals surface area contributed by atoms with Crippen LogP contribution in [0.3, 0.4) is 0 Å². The van der Waals surface area contributed by atoms with Crippen molar-refractivity contribution in [3.05, 3.63) is 30.3 Å². The van der Waals surface area contributed by atoms with Gasteiger partial charge in [0, 0.05) is 19.7 Å². The number of piperidine rings is 1. The van der Waals surface area contributed by atoms with E-state index >= 15 is 0 Å². The molecule has 1 fully saturated rings. The molecule has 1 N–H and O–H groups in total. The first kappa shape index (κ1) is 12.4. The zero-order chi connectivity index (χ0) is 11.9. The van der Waals surface area contributed by atoms with Gasteiger partial charge in [-0.15, -0.1) is 0 Å². The van der Waals surface area contributed by atoms with Crippen LogP contribution in [0.1, 0.15) is 12.8 Å². The summed E-state index contributed by atoms with van der Waals surface area (Å²) in [5, 5.41) is 9.15. The second kappa shape index (κ2) is 6.62. The molecule has 3 heteroatoms. The van der Waals surface area contributed by atoms with E-state index in [1.165, 1.54) is 6.42 Å². The van der Waals surface area contributed by atoms with Crippen molar-refractivity contribution in [3.8, 4) is 5.75 Å². The summed E-state index contributed by atoms with van der Waals surface area (Å²) in [5.41, 5.74) is 0. The topological polar surface area (TPSA) is 32.7 Å². The fourth-order valence-electron chi connectivity index (χ4n) is 2.31. The first-order valence-corrected chi connectivity index (χ1v) is 6.39. The van der Waals surface area contributed by atoms with Gasteiger partial charge in [-0.3, -0.25) is 4.90 Å². The lowest BCUT2D eigenvalue weighted by molar-refractivity contribution is 0.107. The van der Waals surface area contributed by atoms with E-state index in [4.69, 9.17) is 9.84 Å². The first-order valence-electron chi connectivity index (χ1n) is 6.39. The largest absolute Gasteiger partial charge is 0.492 e. The van der Waals surface area contributed by atoms with E-state index in [9.17, 15) is 0 Å². The number of aliphatic hydroxyl groups excluding tert-OH is 1. The molecule has 0 amide bonds. The number of rotatable bonds is 5. The molecule has 1 aliphatic heterocycles. The van der Waals surface area contributed by atoms with Gasteiger partial charge in [-0.05, 0) is 37.4 Å². The lowest BCUT2D eigenvalue weighted by Gasteiger charge is -2.31. The number of aliphatic hydroxyl groups is 1. The molecule has 0 spiro atoms. The Bertz CT molecular complexity index is 315. The van der Waals surface area contributed by atoms with Crippen LogP contribution in [-0.4, -0.2) is 42.9 Å². The summed E-state index contributed by atoms with van der Waals surface area (Å²) < 4.78 is 5.67. The number of hydrogen-bond donors (Lipinski definition) is 1. The standard InChI is InChI=1S/C14H21NO2/c16-12-13-5-4-8-15(11-13)9-10-17-14-6-2-1-3-7-14/h1-3,6-7,13,16H,4-5,8-12H2. The van der Waals surface area contributed by atoms with Crippen LogP contribution in [0.5, 0.6) is 5.75 Å². The van der Waals surface area contributed by atoms with Crippen molar-refractivity contribution in [1.29, 1.82) is 0 Å². The first-order chi connectivity index (χ1) is 8.38. The summed E-state index contributed by atoms with van der Waals surface area (Å²) in [6, 6.07) is 9.92. The van der Waals surface area contributed by atoms with Crippen LogP contribution >= 0.6 is 0 Å². The summed E-state index contributed by atoms with van der Waals surface area (Å²) >= 11 is 0. The van der Waals surface area contributed by atoms with Gasteiger partial charge < -0.3 is 9.84 Å². The van der Waals surface area contributed by atoms with Crippen LogP contribution < -0.4 is 4.74 Å². The minimum Gasteiger partial charge on any atom is -0.492 e. The molecule has 3 nitrogen and oxygen atoms in total. The Balaban J connectivity index is 1.68. The van der Waals surface area contributed by atoms with E-state index in [0.29, 0.717) is 12.5 Å². The van der Waals surface area contributed by atoms with Gasteiger partial charge in [0.1, 0.15) is 12.4 Å². The maximum absolute atomic E-state index is 9.15. The molecule has 1 heterocycles. The molecular formula is C14H21NO2. The average Bonchev–Trinajstić information content (AvgIpc) is 2.40. The predicted octanol–water partition coefficient (Wildman–Crippen LogP) is 1.77. The molecule has 1 saturated heterocycles. The van der Waals surface area contributed by atoms with Crippen molar-refractivity contribution in [2.75, 3.05) is 32.8 Å². The number of para-hydroxylation sites is 1. The molecule has 1 aromatic rings. The number of ether oxygens (including phenoxy) is 1. The molecule has 1 aliphatic rings. The second-order valence-electron chi connectivity index (χ2n) is 4.65. The second-order valence-corrected chi connectivity index (χ2v) is 4.65. The molecule has 94 valence electrons. The molecule has 0 aromatic heterocycles. The van der Waals surface area contributed by atoms with Gasteiger partial charge in [-0.25, -0.2) is 0 Å². The molecule has 2 rings (SSSR count). The molecule has 17 heavy (non-hydrogen) atoms. The van der Waals surface area contributed by atoms with Crippen LogP contribution in [0.15, 0.2) is 30.3 Å². The van der Waals surface area contributed by atoms with Gasteiger partial charge in [-0.1, -0.05) is 18.2 Å². The zero-order valence-electron chi connectivity index (χ0n) is 10.2. The average molecular weight is 235 g/mol. The normalized spacial score (nSPS) is 21.4. The minimum atomic E-state index is 0.316. The Labute approximate surface area is 103 Å². The highest BCUT2D eigenvalue weighted by atomic mass is 16.5. The SMILES string of the molecule is OCC1CCCN(CCOc2ccccc2)C1. The number of likely N-dealkylation sites (tertiary alicyclic amines) is 1. The smallest absolute Gasteiger partial charge is 0.119 e. The Morgan fingerprint density at radius 1 is 1.29 bits per heavy atom. The molecule has 0 saturated carbocycles. The fourth-order valence-corrected chi connectivity index (χ4v) is 2.31. The van der Waals surface area contributed by atoms with Gasteiger partial charge in [0.05, 0.1) is 0 Å². The highest BCUT2D eigenvalue weighted by molar-refractivity contribution is 5.20. The van der Waals surface area contributed by atoms with Crippen LogP contribution in [0.25, 0.3) is 0 Å². The summed E-state index contributed by atoms with van der Waals surface area (Å²) in [4.78, 5) is 2.38. The lowest BCUT2D eigenvalue weighted by atomic mass is 9.99. The van der Waals surface area contributed by atoms with E-state index in [-0.39, 0.29) is 0 Å². The number of benzene rings is 1. The lowest BCUT2D eigenvalue weighted by Crippen LogP contribution is -2.39. The van der Waals surface area contributed by atoms with Crippen molar-refractivity contribution >= 4 is 0 Å². The van der Waals surface area contributed by atoms with Gasteiger partial charge in [-0.2, -0.15) is 0 Å². The van der Waals surface area contributed by atoms with Gasteiger partial charge in [0.25, 0.3) is 0 Å². The van der Waals surface area contributed by atoms with Gasteiger partial charge in [0.2, 0.25) is 0 Å². The molecule has 1 atom stereocenters. The zero-order valence-corrected chi connectivity index (χ0v) is 10.2. The minimum absolute atomic E-state index is 0.316. The van der Waals surface area contributed by atoms with Crippen molar-refractivity contribution < 1.29 is 9.84 Å². The Morgan fingerprint density at radius 2 is 2.12 bits per heavy atom. The molecular weight excluding hydrogens is 214 g/mol. The summed E-state index contributed by atoms with van der Waals surface area (Å²) in [5.74, 6) is 1.39. The molecule has 0 bridgehead atoms. The van der Waals surface area contributed by atoms with Crippen LogP contribution in [0, 0.1) is 5.92 Å². The summed E-state index contributed by atoms with van der Waals surface area (Å²) in [6.07, 6.45) is 2.35. The van der Waals surface area contributed by atoms with E-state index in [2.05, 4.69) is 4.90 Å². The quantitative estimate of drug-likeness (QED) is 0.844. The monoisotopic (exact) mass is 235 g/mol. The van der Waals surface area contributed by atoms with E-state index in [0.717, 1.165) is 38.4 Å². The summed E-state index contributed by atoms with van der Waals surface area (Å²) in [7, 11) is 0. The van der Waals surface area contributed by atoms with Crippen molar-refractivity contribution in [1.82, 2.24) is 4.90 Å². The van der Waals surface area contributed by atoms with Crippen molar-refractivity contribution in [2.24, 2.45) is 5.92 Å². The van der Waals surface area contributed by atoms with Gasteiger partial charge >= 0.3 is 0 Å². The maximum Gasteiger partial charge on any atom is 0.119 e. The third kappa shape index (κ3) is 4.02. The van der Waals surface area contributed by atoms with Crippen LogP contribution in [-0.2, 0) is 0 Å². The van der Waals surface area contributed by atoms with Crippen molar-refractivity contribution in [2.45, 2.75) is 12.8 Å². The van der Waals surface area contributed by atoms with Crippen LogP contribution in [0.2, 0.25) is 0 Å². The Hall–Kier alpha value is -1.06. The maximum atomic E-state index is 9.15. The van der Waals surface area contributed by atoms with E-state index in [1.54, 1.807) is 0 Å². The predicted molar refractivity (Wildman–Crippen MR) is 68.2 cm³/mol. The molecule has 1 aromatic carbocycles. The fraction of sp³-hybridized carbons (Fsp3) is 0.571. The molecule has 0 aliphatic carbocycles.